The van der Waals surface area contributed by atoms with Crippen LogP contribution in [0.25, 0.3) is 11.0 Å². The lowest BCUT2D eigenvalue weighted by Crippen LogP contribution is -2.30. The second kappa shape index (κ2) is 6.77. The number of rotatable bonds is 4. The fourth-order valence-corrected chi connectivity index (χ4v) is 2.60. The average Bonchev–Trinajstić information content (AvgIpc) is 2.91. The zero-order valence-electron chi connectivity index (χ0n) is 11.8. The summed E-state index contributed by atoms with van der Waals surface area (Å²) in [6.45, 7) is 0.704. The number of anilines is 1. The van der Waals surface area contributed by atoms with E-state index in [1.807, 2.05) is 48.5 Å². The molecule has 1 heterocycles. The zero-order chi connectivity index (χ0) is 15.4. The number of nitrogens with zero attached hydrogens (tertiary/aromatic N) is 1. The maximum absolute atomic E-state index is 6.12. The minimum Gasteiger partial charge on any atom is -0.362 e. The van der Waals surface area contributed by atoms with Crippen molar-refractivity contribution < 1.29 is 0 Å². The van der Waals surface area contributed by atoms with Gasteiger partial charge in [-0.1, -0.05) is 41.9 Å². The second-order valence-corrected chi connectivity index (χ2v) is 5.64. The van der Waals surface area contributed by atoms with Crippen LogP contribution >= 0.6 is 23.8 Å². The number of aromatic amines is 1. The Morgan fingerprint density at radius 1 is 1.14 bits per heavy atom. The van der Waals surface area contributed by atoms with Crippen molar-refractivity contribution in [2.75, 3.05) is 11.9 Å². The minimum absolute atomic E-state index is 0.533. The van der Waals surface area contributed by atoms with Gasteiger partial charge in [0, 0.05) is 11.6 Å². The van der Waals surface area contributed by atoms with Crippen molar-refractivity contribution in [3.8, 4) is 0 Å². The lowest BCUT2D eigenvalue weighted by Gasteiger charge is -2.09. The van der Waals surface area contributed by atoms with Crippen LogP contribution in [-0.4, -0.2) is 21.6 Å². The molecule has 1 aromatic heterocycles. The molecule has 6 heteroatoms. The summed E-state index contributed by atoms with van der Waals surface area (Å²) in [7, 11) is 0. The molecule has 0 aliphatic heterocycles. The Morgan fingerprint density at radius 3 is 2.73 bits per heavy atom. The number of aromatic nitrogens is 2. The predicted molar refractivity (Wildman–Crippen MR) is 95.5 cm³/mol. The largest absolute Gasteiger partial charge is 0.362 e. The van der Waals surface area contributed by atoms with Crippen molar-refractivity contribution in [3.63, 3.8) is 0 Å². The molecule has 0 aliphatic carbocycles. The molecule has 112 valence electrons. The van der Waals surface area contributed by atoms with Gasteiger partial charge in [-0.05, 0) is 42.4 Å². The average molecular weight is 331 g/mol. The van der Waals surface area contributed by atoms with Gasteiger partial charge in [0.05, 0.1) is 11.0 Å². The Bertz CT molecular complexity index is 766. The first-order valence-electron chi connectivity index (χ1n) is 6.95. The fourth-order valence-electron chi connectivity index (χ4n) is 2.18. The molecular formula is C16H15ClN4S. The van der Waals surface area contributed by atoms with Gasteiger partial charge in [0.1, 0.15) is 0 Å². The first-order valence-corrected chi connectivity index (χ1v) is 7.74. The summed E-state index contributed by atoms with van der Waals surface area (Å²) in [5.74, 6) is 0.636. The van der Waals surface area contributed by atoms with E-state index in [0.29, 0.717) is 17.6 Å². The lowest BCUT2D eigenvalue weighted by molar-refractivity contribution is 0.873. The molecule has 0 amide bonds. The molecule has 3 rings (SSSR count). The molecule has 22 heavy (non-hydrogen) atoms. The van der Waals surface area contributed by atoms with Crippen LogP contribution in [0.15, 0.2) is 48.5 Å². The van der Waals surface area contributed by atoms with Crippen LogP contribution in [0.5, 0.6) is 0 Å². The Morgan fingerprint density at radius 2 is 1.91 bits per heavy atom. The third-order valence-corrected chi connectivity index (χ3v) is 3.87. The summed E-state index contributed by atoms with van der Waals surface area (Å²) in [6.07, 6.45) is 0.807. The molecule has 0 saturated heterocycles. The van der Waals surface area contributed by atoms with Crippen LogP contribution in [0.1, 0.15) is 5.56 Å². The summed E-state index contributed by atoms with van der Waals surface area (Å²) in [5, 5.41) is 7.52. The van der Waals surface area contributed by atoms with Crippen LogP contribution in [0, 0.1) is 0 Å². The number of thiocarbonyl (C=S) groups is 1. The third kappa shape index (κ3) is 3.55. The molecule has 0 aliphatic rings. The second-order valence-electron chi connectivity index (χ2n) is 4.82. The normalized spacial score (nSPS) is 10.6. The van der Waals surface area contributed by atoms with E-state index in [0.717, 1.165) is 28.0 Å². The lowest BCUT2D eigenvalue weighted by atomic mass is 10.1. The molecule has 3 aromatic rings. The molecular weight excluding hydrogens is 316 g/mol. The minimum atomic E-state index is 0.533. The van der Waals surface area contributed by atoms with E-state index >= 15 is 0 Å². The van der Waals surface area contributed by atoms with Crippen molar-refractivity contribution in [1.82, 2.24) is 15.3 Å². The predicted octanol–water partition coefficient (Wildman–Crippen LogP) is 3.75. The van der Waals surface area contributed by atoms with Crippen molar-refractivity contribution in [3.05, 3.63) is 59.1 Å². The van der Waals surface area contributed by atoms with E-state index in [1.54, 1.807) is 0 Å². The SMILES string of the molecule is S=C(NCCc1ccccc1Cl)Nc1nc2ccccc2[nH]1. The van der Waals surface area contributed by atoms with Crippen molar-refractivity contribution in [2.24, 2.45) is 0 Å². The highest BCUT2D eigenvalue weighted by Gasteiger charge is 2.04. The number of hydrogen-bond acceptors (Lipinski definition) is 2. The Balaban J connectivity index is 1.53. The van der Waals surface area contributed by atoms with Gasteiger partial charge in [-0.25, -0.2) is 4.98 Å². The molecule has 0 atom stereocenters. The summed E-state index contributed by atoms with van der Waals surface area (Å²) < 4.78 is 0. The van der Waals surface area contributed by atoms with Crippen molar-refractivity contribution in [2.45, 2.75) is 6.42 Å². The molecule has 0 unspecified atom stereocenters. The van der Waals surface area contributed by atoms with Crippen molar-refractivity contribution >= 4 is 45.9 Å². The van der Waals surface area contributed by atoms with E-state index < -0.39 is 0 Å². The first kappa shape index (κ1) is 14.8. The molecule has 3 N–H and O–H groups in total. The number of para-hydroxylation sites is 2. The fraction of sp³-hybridized carbons (Fsp3) is 0.125. The van der Waals surface area contributed by atoms with E-state index in [9.17, 15) is 0 Å². The van der Waals surface area contributed by atoms with Crippen LogP contribution in [0.2, 0.25) is 5.02 Å². The Kier molecular flexibility index (Phi) is 4.56. The number of imidazole rings is 1. The summed E-state index contributed by atoms with van der Waals surface area (Å²) in [5.41, 5.74) is 2.98. The van der Waals surface area contributed by atoms with Crippen LogP contribution < -0.4 is 10.6 Å². The third-order valence-electron chi connectivity index (χ3n) is 3.26. The summed E-state index contributed by atoms with van der Waals surface area (Å²) in [6, 6.07) is 15.6. The van der Waals surface area contributed by atoms with Gasteiger partial charge in [-0.2, -0.15) is 0 Å². The first-order chi connectivity index (χ1) is 10.7. The van der Waals surface area contributed by atoms with Crippen LogP contribution in [-0.2, 0) is 6.42 Å². The molecule has 0 saturated carbocycles. The van der Waals surface area contributed by atoms with E-state index in [1.165, 1.54) is 0 Å². The van der Waals surface area contributed by atoms with Crippen molar-refractivity contribution in [1.29, 1.82) is 0 Å². The number of hydrogen-bond donors (Lipinski definition) is 3. The molecule has 0 fully saturated rings. The molecule has 0 bridgehead atoms. The van der Waals surface area contributed by atoms with Gasteiger partial charge < -0.3 is 15.6 Å². The maximum atomic E-state index is 6.12. The van der Waals surface area contributed by atoms with Gasteiger partial charge in [0.25, 0.3) is 0 Å². The summed E-state index contributed by atoms with van der Waals surface area (Å²) >= 11 is 11.4. The number of halogens is 1. The quantitative estimate of drug-likeness (QED) is 0.638. The van der Waals surface area contributed by atoms with Gasteiger partial charge in [-0.15, -0.1) is 0 Å². The maximum Gasteiger partial charge on any atom is 0.207 e. The van der Waals surface area contributed by atoms with E-state index in [4.69, 9.17) is 23.8 Å². The highest BCUT2D eigenvalue weighted by Crippen LogP contribution is 2.15. The zero-order valence-corrected chi connectivity index (χ0v) is 13.3. The Hall–Kier alpha value is -2.11. The monoisotopic (exact) mass is 330 g/mol. The topological polar surface area (TPSA) is 52.7 Å². The van der Waals surface area contributed by atoms with E-state index in [-0.39, 0.29) is 0 Å². The van der Waals surface area contributed by atoms with Gasteiger partial charge >= 0.3 is 0 Å². The molecule has 0 spiro atoms. The van der Waals surface area contributed by atoms with E-state index in [2.05, 4.69) is 20.6 Å². The van der Waals surface area contributed by atoms with Gasteiger partial charge in [-0.3, -0.25) is 0 Å². The molecule has 0 radical (unpaired) electrons. The standard InChI is InChI=1S/C16H15ClN4S/c17-12-6-2-1-5-11(12)9-10-18-16(22)21-15-19-13-7-3-4-8-14(13)20-15/h1-8H,9-10H2,(H3,18,19,20,21,22). The number of nitrogens with one attached hydrogen (secondary N) is 3. The van der Waals surface area contributed by atoms with Crippen LogP contribution in [0.4, 0.5) is 5.95 Å². The molecule has 2 aromatic carbocycles. The highest BCUT2D eigenvalue weighted by molar-refractivity contribution is 7.80. The highest BCUT2D eigenvalue weighted by atomic mass is 35.5. The number of fused-ring (bicyclic) bond motifs is 1. The van der Waals surface area contributed by atoms with Gasteiger partial charge in [0.2, 0.25) is 5.95 Å². The number of benzene rings is 2. The smallest absolute Gasteiger partial charge is 0.207 e. The molecule has 4 nitrogen and oxygen atoms in total. The Labute approximate surface area is 138 Å². The van der Waals surface area contributed by atoms with Crippen LogP contribution in [0.3, 0.4) is 0 Å². The summed E-state index contributed by atoms with van der Waals surface area (Å²) in [4.78, 5) is 7.59. The number of H-pyrrole nitrogens is 1. The van der Waals surface area contributed by atoms with Gasteiger partial charge in [0.15, 0.2) is 5.11 Å².